The number of aromatic nitrogens is 5. The van der Waals surface area contributed by atoms with Crippen LogP contribution in [0.25, 0.3) is 5.65 Å². The maximum absolute atomic E-state index is 4.65. The second-order valence-corrected chi connectivity index (χ2v) is 7.01. The third-order valence-corrected chi connectivity index (χ3v) is 4.82. The fourth-order valence-electron chi connectivity index (χ4n) is 2.93. The monoisotopic (exact) mass is 410 g/mol. The fraction of sp³-hybridized carbons (Fsp3) is 0.211. The van der Waals surface area contributed by atoms with E-state index in [1.165, 1.54) is 5.56 Å². The lowest BCUT2D eigenvalue weighted by Crippen LogP contribution is -2.14. The van der Waals surface area contributed by atoms with Crippen molar-refractivity contribution < 1.29 is 0 Å². The van der Waals surface area contributed by atoms with E-state index in [9.17, 15) is 0 Å². The number of nitrogens with zero attached hydrogens (tertiary/aromatic N) is 5. The number of benzene rings is 1. The molecule has 4 rings (SSSR count). The minimum atomic E-state index is 0.715. The van der Waals surface area contributed by atoms with Gasteiger partial charge in [-0.3, -0.25) is 9.67 Å². The molecule has 0 fully saturated rings. The van der Waals surface area contributed by atoms with Crippen LogP contribution in [0.15, 0.2) is 59.7 Å². The topological polar surface area (TPSA) is 60.0 Å². The molecule has 0 unspecified atom stereocenters. The molecule has 0 atom stereocenters. The number of halogens is 1. The molecule has 26 heavy (non-hydrogen) atoms. The van der Waals surface area contributed by atoms with E-state index < -0.39 is 0 Å². The third-order valence-electron chi connectivity index (χ3n) is 4.15. The molecule has 3 aromatic heterocycles. The van der Waals surface area contributed by atoms with Crippen molar-refractivity contribution in [3.63, 3.8) is 0 Å². The van der Waals surface area contributed by atoms with Crippen LogP contribution < -0.4 is 5.32 Å². The molecule has 3 heterocycles. The Labute approximate surface area is 160 Å². The Hall–Kier alpha value is -2.51. The van der Waals surface area contributed by atoms with Gasteiger partial charge in [0.05, 0.1) is 17.6 Å². The van der Waals surface area contributed by atoms with Crippen molar-refractivity contribution in [2.75, 3.05) is 0 Å². The summed E-state index contributed by atoms with van der Waals surface area (Å²) in [6.45, 7) is 1.54. The predicted molar refractivity (Wildman–Crippen MR) is 104 cm³/mol. The fourth-order valence-corrected chi connectivity index (χ4v) is 3.42. The molecule has 1 aromatic carbocycles. The molecule has 1 N–H and O–H groups in total. The summed E-state index contributed by atoms with van der Waals surface area (Å²) < 4.78 is 4.69. The first kappa shape index (κ1) is 16.9. The number of aryl methyl sites for hydroxylation is 1. The molecule has 0 amide bonds. The predicted octanol–water partition coefficient (Wildman–Crippen LogP) is 3.11. The molecule has 0 bridgehead atoms. The van der Waals surface area contributed by atoms with E-state index in [-0.39, 0.29) is 0 Å². The number of rotatable bonds is 6. The van der Waals surface area contributed by atoms with Crippen LogP contribution in [0.5, 0.6) is 0 Å². The largest absolute Gasteiger partial charge is 0.307 e. The van der Waals surface area contributed by atoms with Gasteiger partial charge in [-0.1, -0.05) is 30.3 Å². The van der Waals surface area contributed by atoms with Gasteiger partial charge in [-0.25, -0.2) is 4.98 Å². The van der Waals surface area contributed by atoms with Crippen LogP contribution in [-0.2, 0) is 26.6 Å². The summed E-state index contributed by atoms with van der Waals surface area (Å²) in [7, 11) is 1.91. The van der Waals surface area contributed by atoms with Gasteiger partial charge in [-0.15, -0.1) is 0 Å². The van der Waals surface area contributed by atoms with E-state index >= 15 is 0 Å². The standard InChI is InChI=1S/C19H19BrN6/c1-25-11-15(19(20)24-25)7-16-12-26-13-17(22-10-18(26)23-16)9-21-8-14-5-3-2-4-6-14/h2-6,10-13,21H,7-9H2,1H3. The van der Waals surface area contributed by atoms with Gasteiger partial charge < -0.3 is 9.72 Å². The molecular formula is C19H19BrN6. The summed E-state index contributed by atoms with van der Waals surface area (Å²) in [6.07, 6.45) is 8.64. The van der Waals surface area contributed by atoms with Gasteiger partial charge in [0.15, 0.2) is 5.65 Å². The summed E-state index contributed by atoms with van der Waals surface area (Å²) in [4.78, 5) is 9.16. The van der Waals surface area contributed by atoms with E-state index in [1.807, 2.05) is 36.1 Å². The summed E-state index contributed by atoms with van der Waals surface area (Å²) in [5.41, 5.74) is 5.22. The van der Waals surface area contributed by atoms with Crippen LogP contribution in [-0.4, -0.2) is 24.1 Å². The van der Waals surface area contributed by atoms with Crippen LogP contribution >= 0.6 is 15.9 Å². The van der Waals surface area contributed by atoms with E-state index in [4.69, 9.17) is 0 Å². The van der Waals surface area contributed by atoms with Crippen LogP contribution in [0.3, 0.4) is 0 Å². The first-order valence-electron chi connectivity index (χ1n) is 8.42. The summed E-state index contributed by atoms with van der Waals surface area (Å²) in [6, 6.07) is 10.4. The molecule has 0 saturated heterocycles. The Kier molecular flexibility index (Phi) is 4.81. The van der Waals surface area contributed by atoms with Crippen molar-refractivity contribution in [3.05, 3.63) is 82.2 Å². The Bertz CT molecular complexity index is 1020. The normalized spacial score (nSPS) is 11.3. The molecule has 4 aromatic rings. The van der Waals surface area contributed by atoms with Gasteiger partial charge in [0.2, 0.25) is 0 Å². The summed E-state index contributed by atoms with van der Waals surface area (Å²) >= 11 is 3.49. The quantitative estimate of drug-likeness (QED) is 0.530. The van der Waals surface area contributed by atoms with Crippen molar-refractivity contribution in [2.45, 2.75) is 19.5 Å². The van der Waals surface area contributed by atoms with Crippen LogP contribution in [0.2, 0.25) is 0 Å². The Morgan fingerprint density at radius 2 is 1.85 bits per heavy atom. The van der Waals surface area contributed by atoms with E-state index in [2.05, 4.69) is 66.8 Å². The van der Waals surface area contributed by atoms with Crippen LogP contribution in [0.4, 0.5) is 0 Å². The maximum Gasteiger partial charge on any atom is 0.155 e. The minimum Gasteiger partial charge on any atom is -0.307 e. The number of nitrogens with one attached hydrogen (secondary N) is 1. The second-order valence-electron chi connectivity index (χ2n) is 6.26. The number of hydrogen-bond donors (Lipinski definition) is 1. The van der Waals surface area contributed by atoms with Crippen molar-refractivity contribution in [3.8, 4) is 0 Å². The van der Waals surface area contributed by atoms with Gasteiger partial charge in [0.25, 0.3) is 0 Å². The number of fused-ring (bicyclic) bond motifs is 1. The lowest BCUT2D eigenvalue weighted by molar-refractivity contribution is 0.676. The van der Waals surface area contributed by atoms with Gasteiger partial charge in [-0.05, 0) is 21.5 Å². The zero-order valence-electron chi connectivity index (χ0n) is 14.4. The zero-order chi connectivity index (χ0) is 17.9. The van der Waals surface area contributed by atoms with Gasteiger partial charge in [-0.2, -0.15) is 5.10 Å². The first-order valence-corrected chi connectivity index (χ1v) is 9.22. The first-order chi connectivity index (χ1) is 12.7. The molecule has 6 nitrogen and oxygen atoms in total. The number of hydrogen-bond acceptors (Lipinski definition) is 4. The molecule has 0 aliphatic rings. The SMILES string of the molecule is Cn1cc(Cc2cn3cc(CNCc4ccccc4)ncc3n2)c(Br)n1. The highest BCUT2D eigenvalue weighted by Crippen LogP contribution is 2.18. The Morgan fingerprint density at radius 1 is 1.04 bits per heavy atom. The molecule has 0 spiro atoms. The Morgan fingerprint density at radius 3 is 2.62 bits per heavy atom. The highest BCUT2D eigenvalue weighted by molar-refractivity contribution is 9.10. The molecule has 0 aliphatic carbocycles. The summed E-state index contributed by atoms with van der Waals surface area (Å²) in [5.74, 6) is 0. The third kappa shape index (κ3) is 3.84. The average Bonchev–Trinajstić information content (AvgIpc) is 3.17. The maximum atomic E-state index is 4.65. The molecule has 132 valence electrons. The van der Waals surface area contributed by atoms with Gasteiger partial charge in [0, 0.05) is 50.7 Å². The number of imidazole rings is 1. The highest BCUT2D eigenvalue weighted by atomic mass is 79.9. The highest BCUT2D eigenvalue weighted by Gasteiger charge is 2.09. The van der Waals surface area contributed by atoms with Crippen molar-refractivity contribution >= 4 is 21.6 Å². The van der Waals surface area contributed by atoms with E-state index in [0.717, 1.165) is 40.2 Å². The Balaban J connectivity index is 1.44. The van der Waals surface area contributed by atoms with Crippen LogP contribution in [0, 0.1) is 0 Å². The van der Waals surface area contributed by atoms with Crippen molar-refractivity contribution in [2.24, 2.45) is 7.05 Å². The lowest BCUT2D eigenvalue weighted by Gasteiger charge is -2.05. The molecule has 0 saturated carbocycles. The summed E-state index contributed by atoms with van der Waals surface area (Å²) in [5, 5.41) is 7.74. The van der Waals surface area contributed by atoms with Crippen molar-refractivity contribution in [1.29, 1.82) is 0 Å². The molecule has 0 aliphatic heterocycles. The minimum absolute atomic E-state index is 0.715. The zero-order valence-corrected chi connectivity index (χ0v) is 16.0. The lowest BCUT2D eigenvalue weighted by atomic mass is 10.2. The van der Waals surface area contributed by atoms with Gasteiger partial charge >= 0.3 is 0 Å². The van der Waals surface area contributed by atoms with Gasteiger partial charge in [0.1, 0.15) is 4.60 Å². The molecule has 0 radical (unpaired) electrons. The molecule has 7 heteroatoms. The average molecular weight is 411 g/mol. The van der Waals surface area contributed by atoms with Crippen molar-refractivity contribution in [1.82, 2.24) is 29.5 Å². The van der Waals surface area contributed by atoms with E-state index in [0.29, 0.717) is 6.54 Å². The molecular weight excluding hydrogens is 392 g/mol. The van der Waals surface area contributed by atoms with Crippen LogP contribution in [0.1, 0.15) is 22.5 Å². The van der Waals surface area contributed by atoms with E-state index in [1.54, 1.807) is 4.68 Å². The second kappa shape index (κ2) is 7.39. The smallest absolute Gasteiger partial charge is 0.155 e.